The van der Waals surface area contributed by atoms with Crippen LogP contribution in [0.3, 0.4) is 0 Å². The second-order valence-electron chi connectivity index (χ2n) is 4.33. The fourth-order valence-electron chi connectivity index (χ4n) is 1.76. The number of nitrogens with zero attached hydrogens (tertiary/aromatic N) is 1. The Labute approximate surface area is 127 Å². The molecule has 0 aliphatic rings. The summed E-state index contributed by atoms with van der Waals surface area (Å²) in [4.78, 5) is 4.15. The number of anilines is 2. The molecule has 0 bridgehead atoms. The average Bonchev–Trinajstić information content (AvgIpc) is 2.44. The molecule has 0 radical (unpaired) electrons. The van der Waals surface area contributed by atoms with Gasteiger partial charge in [0.1, 0.15) is 17.4 Å². The van der Waals surface area contributed by atoms with Crippen LogP contribution in [0.25, 0.3) is 0 Å². The summed E-state index contributed by atoms with van der Waals surface area (Å²) in [5.74, 6) is 1.57. The van der Waals surface area contributed by atoms with Crippen molar-refractivity contribution in [1.82, 2.24) is 4.98 Å². The lowest BCUT2D eigenvalue weighted by atomic mass is 10.1. The van der Waals surface area contributed by atoms with Gasteiger partial charge in [0.15, 0.2) is 0 Å². The monoisotopic (exact) mass is 311 g/mol. The molecule has 1 aromatic heterocycles. The van der Waals surface area contributed by atoms with E-state index in [1.54, 1.807) is 13.2 Å². The SMILES string of the molecule is COc1ccc(C(C)Nc2nc(N)c(Cl)cc2Cl)cc1. The van der Waals surface area contributed by atoms with Crippen LogP contribution in [0.1, 0.15) is 18.5 Å². The van der Waals surface area contributed by atoms with Crippen molar-refractivity contribution in [3.8, 4) is 5.75 Å². The third kappa shape index (κ3) is 3.26. The van der Waals surface area contributed by atoms with Crippen molar-refractivity contribution < 1.29 is 4.74 Å². The van der Waals surface area contributed by atoms with E-state index in [9.17, 15) is 0 Å². The van der Waals surface area contributed by atoms with Crippen molar-refractivity contribution in [2.24, 2.45) is 0 Å². The van der Waals surface area contributed by atoms with Gasteiger partial charge in [0.05, 0.1) is 17.2 Å². The first-order chi connectivity index (χ1) is 9.51. The lowest BCUT2D eigenvalue weighted by Gasteiger charge is -2.17. The summed E-state index contributed by atoms with van der Waals surface area (Å²) in [5, 5.41) is 3.99. The summed E-state index contributed by atoms with van der Waals surface area (Å²) in [6.45, 7) is 2.00. The number of pyridine rings is 1. The normalized spacial score (nSPS) is 12.0. The van der Waals surface area contributed by atoms with E-state index in [1.165, 1.54) is 0 Å². The quantitative estimate of drug-likeness (QED) is 0.890. The van der Waals surface area contributed by atoms with Gasteiger partial charge in [0, 0.05) is 6.04 Å². The molecule has 2 rings (SSSR count). The predicted octanol–water partition coefficient (Wildman–Crippen LogP) is 4.15. The molecule has 2 aromatic rings. The maximum atomic E-state index is 6.10. The third-order valence-electron chi connectivity index (χ3n) is 2.93. The van der Waals surface area contributed by atoms with Gasteiger partial charge in [-0.05, 0) is 30.7 Å². The van der Waals surface area contributed by atoms with Gasteiger partial charge in [-0.25, -0.2) is 4.98 Å². The highest BCUT2D eigenvalue weighted by atomic mass is 35.5. The third-order valence-corrected chi connectivity index (χ3v) is 3.52. The molecule has 1 atom stereocenters. The van der Waals surface area contributed by atoms with Crippen molar-refractivity contribution in [3.05, 3.63) is 45.9 Å². The molecule has 0 aliphatic heterocycles. The van der Waals surface area contributed by atoms with Crippen molar-refractivity contribution in [3.63, 3.8) is 0 Å². The van der Waals surface area contributed by atoms with Gasteiger partial charge < -0.3 is 15.8 Å². The fraction of sp³-hybridized carbons (Fsp3) is 0.214. The van der Waals surface area contributed by atoms with Crippen LogP contribution < -0.4 is 15.8 Å². The van der Waals surface area contributed by atoms with Crippen LogP contribution in [0.15, 0.2) is 30.3 Å². The van der Waals surface area contributed by atoms with E-state index in [4.69, 9.17) is 33.7 Å². The number of benzene rings is 1. The van der Waals surface area contributed by atoms with Crippen LogP contribution in [0.4, 0.5) is 11.6 Å². The number of rotatable bonds is 4. The summed E-state index contributed by atoms with van der Waals surface area (Å²) in [6.07, 6.45) is 0. The molecule has 0 spiro atoms. The van der Waals surface area contributed by atoms with E-state index in [0.29, 0.717) is 15.9 Å². The molecule has 1 aromatic carbocycles. The molecule has 6 heteroatoms. The summed E-state index contributed by atoms with van der Waals surface area (Å²) >= 11 is 12.0. The molecule has 3 N–H and O–H groups in total. The van der Waals surface area contributed by atoms with Crippen molar-refractivity contribution >= 4 is 34.8 Å². The molecule has 4 nitrogen and oxygen atoms in total. The number of halogens is 2. The zero-order valence-corrected chi connectivity index (χ0v) is 12.7. The van der Waals surface area contributed by atoms with E-state index in [2.05, 4.69) is 10.3 Å². The van der Waals surface area contributed by atoms with Gasteiger partial charge >= 0.3 is 0 Å². The highest BCUT2D eigenvalue weighted by molar-refractivity contribution is 6.37. The van der Waals surface area contributed by atoms with Crippen LogP contribution >= 0.6 is 23.2 Å². The number of aromatic nitrogens is 1. The lowest BCUT2D eigenvalue weighted by Crippen LogP contribution is -2.09. The van der Waals surface area contributed by atoms with Crippen LogP contribution in [0, 0.1) is 0 Å². The highest BCUT2D eigenvalue weighted by Gasteiger charge is 2.11. The Morgan fingerprint density at radius 2 is 1.85 bits per heavy atom. The topological polar surface area (TPSA) is 60.2 Å². The van der Waals surface area contributed by atoms with E-state index >= 15 is 0 Å². The first-order valence-electron chi connectivity index (χ1n) is 6.03. The minimum Gasteiger partial charge on any atom is -0.497 e. The maximum absolute atomic E-state index is 6.10. The van der Waals surface area contributed by atoms with E-state index in [0.717, 1.165) is 11.3 Å². The van der Waals surface area contributed by atoms with Gasteiger partial charge in [-0.2, -0.15) is 0 Å². The van der Waals surface area contributed by atoms with Crippen LogP contribution in [-0.4, -0.2) is 12.1 Å². The Morgan fingerprint density at radius 1 is 1.20 bits per heavy atom. The van der Waals surface area contributed by atoms with Crippen LogP contribution in [-0.2, 0) is 0 Å². The molecule has 1 unspecified atom stereocenters. The Kier molecular flexibility index (Phi) is 4.57. The van der Waals surface area contributed by atoms with Gasteiger partial charge in [0.2, 0.25) is 0 Å². The molecule has 0 saturated heterocycles. The number of ether oxygens (including phenoxy) is 1. The minimum atomic E-state index is 0.0199. The van der Waals surface area contributed by atoms with Gasteiger partial charge in [0.25, 0.3) is 0 Å². The molecular weight excluding hydrogens is 297 g/mol. The molecular formula is C14H15Cl2N3O. The number of nitrogens with two attached hydrogens (primary N) is 1. The maximum Gasteiger partial charge on any atom is 0.147 e. The predicted molar refractivity (Wildman–Crippen MR) is 83.7 cm³/mol. The molecule has 0 aliphatic carbocycles. The van der Waals surface area contributed by atoms with Crippen molar-refractivity contribution in [2.75, 3.05) is 18.2 Å². The van der Waals surface area contributed by atoms with E-state index in [-0.39, 0.29) is 11.9 Å². The van der Waals surface area contributed by atoms with Crippen LogP contribution in [0.5, 0.6) is 5.75 Å². The number of nitrogen functional groups attached to an aromatic ring is 1. The Hall–Kier alpha value is -1.65. The zero-order valence-electron chi connectivity index (χ0n) is 11.2. The summed E-state index contributed by atoms with van der Waals surface area (Å²) in [5.41, 5.74) is 6.76. The number of hydrogen-bond acceptors (Lipinski definition) is 4. The fourth-order valence-corrected chi connectivity index (χ4v) is 2.18. The first-order valence-corrected chi connectivity index (χ1v) is 6.79. The van der Waals surface area contributed by atoms with Gasteiger partial charge in [-0.1, -0.05) is 35.3 Å². The van der Waals surface area contributed by atoms with Crippen molar-refractivity contribution in [1.29, 1.82) is 0 Å². The molecule has 0 saturated carbocycles. The second-order valence-corrected chi connectivity index (χ2v) is 5.14. The van der Waals surface area contributed by atoms with Crippen LogP contribution in [0.2, 0.25) is 10.0 Å². The largest absolute Gasteiger partial charge is 0.497 e. The summed E-state index contributed by atoms with van der Waals surface area (Å²) in [6, 6.07) is 9.35. The molecule has 1 heterocycles. The average molecular weight is 312 g/mol. The van der Waals surface area contributed by atoms with Gasteiger partial charge in [-0.15, -0.1) is 0 Å². The second kappa shape index (κ2) is 6.20. The number of nitrogens with one attached hydrogen (secondary N) is 1. The van der Waals surface area contributed by atoms with Crippen molar-refractivity contribution in [2.45, 2.75) is 13.0 Å². The molecule has 0 amide bonds. The Morgan fingerprint density at radius 3 is 2.45 bits per heavy atom. The Balaban J connectivity index is 2.18. The lowest BCUT2D eigenvalue weighted by molar-refractivity contribution is 0.414. The molecule has 106 valence electrons. The van der Waals surface area contributed by atoms with E-state index < -0.39 is 0 Å². The number of hydrogen-bond donors (Lipinski definition) is 2. The zero-order chi connectivity index (χ0) is 14.7. The smallest absolute Gasteiger partial charge is 0.147 e. The van der Waals surface area contributed by atoms with Gasteiger partial charge in [-0.3, -0.25) is 0 Å². The molecule has 0 fully saturated rings. The molecule has 20 heavy (non-hydrogen) atoms. The number of methoxy groups -OCH3 is 1. The first kappa shape index (κ1) is 14.8. The highest BCUT2D eigenvalue weighted by Crippen LogP contribution is 2.30. The standard InChI is InChI=1S/C14H15Cl2N3O/c1-8(9-3-5-10(20-2)6-4-9)18-14-12(16)7-11(15)13(17)19-14/h3-8H,1-2H3,(H3,17,18,19). The Bertz CT molecular complexity index is 602. The van der Waals surface area contributed by atoms with E-state index in [1.807, 2.05) is 31.2 Å². The summed E-state index contributed by atoms with van der Waals surface area (Å²) < 4.78 is 5.13. The minimum absolute atomic E-state index is 0.0199. The summed E-state index contributed by atoms with van der Waals surface area (Å²) in [7, 11) is 1.64.